The number of ether oxygens (including phenoxy) is 2. The van der Waals surface area contributed by atoms with Crippen LogP contribution in [0.15, 0.2) is 255 Å². The Morgan fingerprint density at radius 3 is 1.02 bits per heavy atom. The number of rotatable bonds is 12. The maximum Gasteiger partial charge on any atom is 0.135 e. The first-order valence-corrected chi connectivity index (χ1v) is 20.8. The first-order chi connectivity index (χ1) is 30.8. The second-order valence-electron chi connectivity index (χ2n) is 14.9. The van der Waals surface area contributed by atoms with E-state index < -0.39 is 0 Å². The van der Waals surface area contributed by atoms with E-state index in [4.69, 9.17) is 9.47 Å². The van der Waals surface area contributed by atoms with Gasteiger partial charge in [0.1, 0.15) is 23.0 Å². The fraction of sp³-hybridized carbons (Fsp3) is 0. The molecule has 0 unspecified atom stereocenters. The largest absolute Gasteiger partial charge is 0.457 e. The summed E-state index contributed by atoms with van der Waals surface area (Å²) in [5, 5.41) is 1.90. The zero-order valence-corrected chi connectivity index (χ0v) is 34.0. The summed E-state index contributed by atoms with van der Waals surface area (Å²) in [5.74, 6) is 2.93. The van der Waals surface area contributed by atoms with Crippen LogP contribution < -0.4 is 19.3 Å². The molecular formula is C58H42N2O2. The van der Waals surface area contributed by atoms with Gasteiger partial charge in [-0.15, -0.1) is 0 Å². The predicted molar refractivity (Wildman–Crippen MR) is 257 cm³/mol. The van der Waals surface area contributed by atoms with Crippen LogP contribution in [0.3, 0.4) is 0 Å². The highest BCUT2D eigenvalue weighted by molar-refractivity contribution is 5.94. The SMILES string of the molecule is c1ccc(-c2ccccc2N(c2ccccc2)c2cccc(Oc3cccc4c(Oc5cccc(N(c6ccccc6)c6ccccc6-c6ccccc6)c5)cccc34)c2)cc1. The van der Waals surface area contributed by atoms with Crippen LogP contribution in [-0.4, -0.2) is 0 Å². The molecule has 0 bridgehead atoms. The lowest BCUT2D eigenvalue weighted by Crippen LogP contribution is -2.11. The number of nitrogens with zero attached hydrogens (tertiary/aromatic N) is 2. The van der Waals surface area contributed by atoms with Crippen molar-refractivity contribution in [2.24, 2.45) is 0 Å². The summed E-state index contributed by atoms with van der Waals surface area (Å²) >= 11 is 0. The Morgan fingerprint density at radius 2 is 0.597 bits per heavy atom. The molecule has 4 nitrogen and oxygen atoms in total. The van der Waals surface area contributed by atoms with Crippen molar-refractivity contribution < 1.29 is 9.47 Å². The molecular weight excluding hydrogens is 757 g/mol. The monoisotopic (exact) mass is 798 g/mol. The minimum absolute atomic E-state index is 0.726. The van der Waals surface area contributed by atoms with Crippen molar-refractivity contribution in [1.29, 1.82) is 0 Å². The molecule has 0 aliphatic heterocycles. The van der Waals surface area contributed by atoms with Gasteiger partial charge in [0.05, 0.1) is 11.4 Å². The van der Waals surface area contributed by atoms with Crippen LogP contribution in [0.25, 0.3) is 33.0 Å². The van der Waals surface area contributed by atoms with Crippen molar-refractivity contribution in [2.75, 3.05) is 9.80 Å². The Morgan fingerprint density at radius 1 is 0.258 bits per heavy atom. The standard InChI is InChI=1S/C58H42N2O2/c1-5-21-43(22-6-1)51-33-13-15-37-55(51)59(45-25-9-3-10-26-45)47-29-17-31-49(41-47)61-57-39-19-36-54-53(57)35-20-40-58(54)62-50-32-18-30-48(42-50)60(46-27-11-4-12-28-46)56-38-16-14-34-52(56)44-23-7-2-8-24-44/h1-42H. The second-order valence-corrected chi connectivity index (χ2v) is 14.9. The van der Waals surface area contributed by atoms with E-state index in [0.717, 1.165) is 90.1 Å². The minimum Gasteiger partial charge on any atom is -0.457 e. The molecule has 0 saturated heterocycles. The zero-order chi connectivity index (χ0) is 41.5. The van der Waals surface area contributed by atoms with Gasteiger partial charge in [0, 0.05) is 56.8 Å². The lowest BCUT2D eigenvalue weighted by molar-refractivity contribution is 0.483. The number of hydrogen-bond donors (Lipinski definition) is 0. The Labute approximate surface area is 362 Å². The number of hydrogen-bond acceptors (Lipinski definition) is 4. The molecule has 0 N–H and O–H groups in total. The highest BCUT2D eigenvalue weighted by Gasteiger charge is 2.20. The Hall–Kier alpha value is -8.34. The highest BCUT2D eigenvalue weighted by Crippen LogP contribution is 2.45. The van der Waals surface area contributed by atoms with Crippen molar-refractivity contribution in [3.05, 3.63) is 255 Å². The molecule has 0 amide bonds. The first-order valence-electron chi connectivity index (χ1n) is 20.8. The van der Waals surface area contributed by atoms with E-state index in [0.29, 0.717) is 0 Å². The van der Waals surface area contributed by atoms with Crippen molar-refractivity contribution in [3.8, 4) is 45.3 Å². The van der Waals surface area contributed by atoms with E-state index in [1.807, 2.05) is 48.5 Å². The molecule has 0 aliphatic carbocycles. The lowest BCUT2D eigenvalue weighted by Gasteiger charge is -2.28. The third kappa shape index (κ3) is 7.89. The molecule has 0 aromatic heterocycles. The second kappa shape index (κ2) is 17.5. The van der Waals surface area contributed by atoms with Crippen LogP contribution in [0, 0.1) is 0 Å². The molecule has 0 atom stereocenters. The summed E-state index contributed by atoms with van der Waals surface area (Å²) in [6, 6.07) is 87.9. The highest BCUT2D eigenvalue weighted by atomic mass is 16.5. The zero-order valence-electron chi connectivity index (χ0n) is 34.0. The van der Waals surface area contributed by atoms with Crippen molar-refractivity contribution >= 4 is 44.9 Å². The summed E-state index contributed by atoms with van der Waals surface area (Å²) in [6.07, 6.45) is 0. The van der Waals surface area contributed by atoms with E-state index >= 15 is 0 Å². The van der Waals surface area contributed by atoms with Gasteiger partial charge < -0.3 is 19.3 Å². The van der Waals surface area contributed by atoms with Crippen LogP contribution in [0.5, 0.6) is 23.0 Å². The third-order valence-corrected chi connectivity index (χ3v) is 10.9. The van der Waals surface area contributed by atoms with Crippen LogP contribution >= 0.6 is 0 Å². The van der Waals surface area contributed by atoms with Gasteiger partial charge in [-0.2, -0.15) is 0 Å². The van der Waals surface area contributed by atoms with E-state index in [-0.39, 0.29) is 0 Å². The van der Waals surface area contributed by atoms with Gasteiger partial charge in [0.15, 0.2) is 0 Å². The number of benzene rings is 10. The summed E-state index contributed by atoms with van der Waals surface area (Å²) < 4.78 is 13.6. The number of fused-ring (bicyclic) bond motifs is 1. The molecule has 0 heterocycles. The van der Waals surface area contributed by atoms with Gasteiger partial charge in [-0.05, 0) is 83.9 Å². The van der Waals surface area contributed by atoms with Crippen LogP contribution in [0.1, 0.15) is 0 Å². The van der Waals surface area contributed by atoms with Gasteiger partial charge in [-0.1, -0.05) is 170 Å². The number of para-hydroxylation sites is 4. The van der Waals surface area contributed by atoms with Crippen molar-refractivity contribution in [1.82, 2.24) is 0 Å². The molecule has 10 aromatic rings. The quantitative estimate of drug-likeness (QED) is 0.123. The molecule has 10 aromatic carbocycles. The maximum absolute atomic E-state index is 6.78. The summed E-state index contributed by atoms with van der Waals surface area (Å²) in [5.41, 5.74) is 10.8. The summed E-state index contributed by atoms with van der Waals surface area (Å²) in [7, 11) is 0. The Kier molecular flexibility index (Phi) is 10.7. The lowest BCUT2D eigenvalue weighted by atomic mass is 10.0. The molecule has 4 heteroatoms. The molecule has 62 heavy (non-hydrogen) atoms. The Bertz CT molecular complexity index is 2870. The smallest absolute Gasteiger partial charge is 0.135 e. The topological polar surface area (TPSA) is 24.9 Å². The summed E-state index contributed by atoms with van der Waals surface area (Å²) in [4.78, 5) is 4.58. The normalized spacial score (nSPS) is 10.9. The predicted octanol–water partition coefficient (Wildman–Crippen LogP) is 16.7. The molecule has 0 spiro atoms. The van der Waals surface area contributed by atoms with E-state index in [1.54, 1.807) is 0 Å². The minimum atomic E-state index is 0.726. The van der Waals surface area contributed by atoms with Gasteiger partial charge in [0.2, 0.25) is 0 Å². The van der Waals surface area contributed by atoms with E-state index in [1.165, 1.54) is 0 Å². The molecule has 10 rings (SSSR count). The average molecular weight is 799 g/mol. The van der Waals surface area contributed by atoms with E-state index in [2.05, 4.69) is 216 Å². The first kappa shape index (κ1) is 37.9. The molecule has 0 aliphatic rings. The van der Waals surface area contributed by atoms with Gasteiger partial charge >= 0.3 is 0 Å². The molecule has 0 fully saturated rings. The fourth-order valence-corrected chi connectivity index (χ4v) is 8.13. The third-order valence-electron chi connectivity index (χ3n) is 10.9. The molecule has 296 valence electrons. The fourth-order valence-electron chi connectivity index (χ4n) is 8.13. The van der Waals surface area contributed by atoms with Gasteiger partial charge in [-0.25, -0.2) is 0 Å². The summed E-state index contributed by atoms with van der Waals surface area (Å²) in [6.45, 7) is 0. The van der Waals surface area contributed by atoms with Gasteiger partial charge in [0.25, 0.3) is 0 Å². The molecule has 0 radical (unpaired) electrons. The van der Waals surface area contributed by atoms with E-state index in [9.17, 15) is 0 Å². The van der Waals surface area contributed by atoms with Gasteiger partial charge in [-0.3, -0.25) is 0 Å². The average Bonchev–Trinajstić information content (AvgIpc) is 3.34. The van der Waals surface area contributed by atoms with Crippen molar-refractivity contribution in [2.45, 2.75) is 0 Å². The van der Waals surface area contributed by atoms with Crippen molar-refractivity contribution in [3.63, 3.8) is 0 Å². The molecule has 0 saturated carbocycles. The van der Waals surface area contributed by atoms with Crippen LogP contribution in [-0.2, 0) is 0 Å². The number of anilines is 6. The Balaban J connectivity index is 0.980. The maximum atomic E-state index is 6.78. The van der Waals surface area contributed by atoms with Crippen LogP contribution in [0.4, 0.5) is 34.1 Å². The van der Waals surface area contributed by atoms with Crippen LogP contribution in [0.2, 0.25) is 0 Å².